The molecule has 1 fully saturated rings. The predicted octanol–water partition coefficient (Wildman–Crippen LogP) is 1.89. The lowest BCUT2D eigenvalue weighted by atomic mass is 9.99. The van der Waals surface area contributed by atoms with Crippen LogP contribution in [-0.4, -0.2) is 29.3 Å². The van der Waals surface area contributed by atoms with Crippen LogP contribution in [0, 0.1) is 6.92 Å². The van der Waals surface area contributed by atoms with E-state index in [1.54, 1.807) is 0 Å². The molecule has 0 aliphatic carbocycles. The minimum atomic E-state index is 0. The SMILES string of the molecule is Cc1cnc(C2CCOCC2)n1CCN.Cl.Cl. The maximum atomic E-state index is 5.61. The van der Waals surface area contributed by atoms with E-state index < -0.39 is 0 Å². The average molecular weight is 282 g/mol. The molecule has 0 radical (unpaired) electrons. The van der Waals surface area contributed by atoms with E-state index in [0.717, 1.165) is 32.6 Å². The van der Waals surface area contributed by atoms with Gasteiger partial charge >= 0.3 is 0 Å². The van der Waals surface area contributed by atoms with Gasteiger partial charge in [0.05, 0.1) is 0 Å². The molecule has 6 heteroatoms. The van der Waals surface area contributed by atoms with Crippen LogP contribution in [0.3, 0.4) is 0 Å². The third kappa shape index (κ3) is 3.85. The normalized spacial score (nSPS) is 16.1. The number of rotatable bonds is 3. The van der Waals surface area contributed by atoms with Crippen LogP contribution >= 0.6 is 24.8 Å². The summed E-state index contributed by atoms with van der Waals surface area (Å²) >= 11 is 0. The first-order chi connectivity index (χ1) is 7.33. The van der Waals surface area contributed by atoms with Gasteiger partial charge in [0.1, 0.15) is 5.82 Å². The van der Waals surface area contributed by atoms with Gasteiger partial charge in [-0.05, 0) is 19.8 Å². The molecular formula is C11H21Cl2N3O. The van der Waals surface area contributed by atoms with Gasteiger partial charge in [0.2, 0.25) is 0 Å². The molecule has 1 aliphatic heterocycles. The Balaban J connectivity index is 0.00000128. The Morgan fingerprint density at radius 2 is 2.06 bits per heavy atom. The van der Waals surface area contributed by atoms with Crippen molar-refractivity contribution in [1.82, 2.24) is 9.55 Å². The van der Waals surface area contributed by atoms with E-state index in [-0.39, 0.29) is 24.8 Å². The molecule has 1 aromatic rings. The highest BCUT2D eigenvalue weighted by molar-refractivity contribution is 5.85. The number of ether oxygens (including phenoxy) is 1. The second-order valence-electron chi connectivity index (χ2n) is 4.08. The Kier molecular flexibility index (Phi) is 7.79. The number of aryl methyl sites for hydroxylation is 1. The number of nitrogens with zero attached hydrogens (tertiary/aromatic N) is 2. The van der Waals surface area contributed by atoms with Crippen LogP contribution in [0.5, 0.6) is 0 Å². The van der Waals surface area contributed by atoms with Gasteiger partial charge in [-0.3, -0.25) is 0 Å². The molecule has 17 heavy (non-hydrogen) atoms. The average Bonchev–Trinajstić information content (AvgIpc) is 2.63. The molecular weight excluding hydrogens is 261 g/mol. The van der Waals surface area contributed by atoms with E-state index in [0.29, 0.717) is 12.5 Å². The largest absolute Gasteiger partial charge is 0.381 e. The van der Waals surface area contributed by atoms with E-state index in [1.807, 2.05) is 6.20 Å². The highest BCUT2D eigenvalue weighted by Crippen LogP contribution is 2.26. The fourth-order valence-electron chi connectivity index (χ4n) is 2.18. The van der Waals surface area contributed by atoms with E-state index in [4.69, 9.17) is 10.5 Å². The lowest BCUT2D eigenvalue weighted by molar-refractivity contribution is 0.0828. The molecule has 4 nitrogen and oxygen atoms in total. The second-order valence-corrected chi connectivity index (χ2v) is 4.08. The Morgan fingerprint density at radius 3 is 2.65 bits per heavy atom. The van der Waals surface area contributed by atoms with Crippen molar-refractivity contribution in [2.45, 2.75) is 32.2 Å². The van der Waals surface area contributed by atoms with Crippen LogP contribution in [0.25, 0.3) is 0 Å². The van der Waals surface area contributed by atoms with E-state index in [1.165, 1.54) is 11.5 Å². The van der Waals surface area contributed by atoms with Crippen molar-refractivity contribution >= 4 is 24.8 Å². The molecule has 0 amide bonds. The Morgan fingerprint density at radius 1 is 1.41 bits per heavy atom. The summed E-state index contributed by atoms with van der Waals surface area (Å²) in [6.07, 6.45) is 4.11. The zero-order valence-corrected chi connectivity index (χ0v) is 11.7. The van der Waals surface area contributed by atoms with Crippen molar-refractivity contribution in [3.63, 3.8) is 0 Å². The maximum absolute atomic E-state index is 5.61. The first-order valence-electron chi connectivity index (χ1n) is 5.62. The Hall–Kier alpha value is -0.290. The third-order valence-electron chi connectivity index (χ3n) is 3.03. The zero-order valence-electron chi connectivity index (χ0n) is 10.1. The summed E-state index contributed by atoms with van der Waals surface area (Å²) in [6.45, 7) is 5.36. The van der Waals surface area contributed by atoms with E-state index in [9.17, 15) is 0 Å². The molecule has 1 aliphatic rings. The first-order valence-corrected chi connectivity index (χ1v) is 5.62. The van der Waals surface area contributed by atoms with Gasteiger partial charge in [0.15, 0.2) is 0 Å². The minimum Gasteiger partial charge on any atom is -0.381 e. The summed E-state index contributed by atoms with van der Waals surface area (Å²) < 4.78 is 7.61. The van der Waals surface area contributed by atoms with Crippen LogP contribution < -0.4 is 5.73 Å². The molecule has 2 N–H and O–H groups in total. The third-order valence-corrected chi connectivity index (χ3v) is 3.03. The van der Waals surface area contributed by atoms with Gasteiger partial charge in [0, 0.05) is 44.1 Å². The number of hydrogen-bond donors (Lipinski definition) is 1. The fourth-order valence-corrected chi connectivity index (χ4v) is 2.18. The summed E-state index contributed by atoms with van der Waals surface area (Å²) in [4.78, 5) is 4.51. The molecule has 0 atom stereocenters. The van der Waals surface area contributed by atoms with E-state index >= 15 is 0 Å². The molecule has 0 spiro atoms. The van der Waals surface area contributed by atoms with Crippen molar-refractivity contribution in [3.8, 4) is 0 Å². The summed E-state index contributed by atoms with van der Waals surface area (Å²) in [5.74, 6) is 1.75. The summed E-state index contributed by atoms with van der Waals surface area (Å²) in [7, 11) is 0. The highest BCUT2D eigenvalue weighted by atomic mass is 35.5. The molecule has 1 aromatic heterocycles. The van der Waals surface area contributed by atoms with Crippen molar-refractivity contribution in [3.05, 3.63) is 17.7 Å². The fraction of sp³-hybridized carbons (Fsp3) is 0.727. The van der Waals surface area contributed by atoms with Crippen LogP contribution in [0.15, 0.2) is 6.20 Å². The maximum Gasteiger partial charge on any atom is 0.112 e. The second kappa shape index (κ2) is 7.93. The van der Waals surface area contributed by atoms with Crippen molar-refractivity contribution < 1.29 is 4.74 Å². The van der Waals surface area contributed by atoms with Crippen molar-refractivity contribution in [1.29, 1.82) is 0 Å². The molecule has 2 heterocycles. The van der Waals surface area contributed by atoms with Crippen LogP contribution in [0.4, 0.5) is 0 Å². The summed E-state index contributed by atoms with van der Waals surface area (Å²) in [5.41, 5.74) is 6.82. The highest BCUT2D eigenvalue weighted by Gasteiger charge is 2.21. The standard InChI is InChI=1S/C11H19N3O.2ClH/c1-9-8-13-11(14(9)5-4-12)10-2-6-15-7-3-10;;/h8,10H,2-7,12H2,1H3;2*1H. The smallest absolute Gasteiger partial charge is 0.112 e. The number of hydrogen-bond acceptors (Lipinski definition) is 3. The zero-order chi connectivity index (χ0) is 10.7. The molecule has 0 bridgehead atoms. The first kappa shape index (κ1) is 16.7. The summed E-state index contributed by atoms with van der Waals surface area (Å²) in [5, 5.41) is 0. The van der Waals surface area contributed by atoms with Gasteiger partial charge in [-0.25, -0.2) is 4.98 Å². The van der Waals surface area contributed by atoms with Crippen molar-refractivity contribution in [2.75, 3.05) is 19.8 Å². The van der Waals surface area contributed by atoms with Gasteiger partial charge < -0.3 is 15.0 Å². The lowest BCUT2D eigenvalue weighted by Gasteiger charge is -2.22. The molecule has 100 valence electrons. The molecule has 2 rings (SSSR count). The molecule has 0 unspecified atom stereocenters. The molecule has 0 saturated carbocycles. The number of imidazole rings is 1. The quantitative estimate of drug-likeness (QED) is 0.921. The number of nitrogens with two attached hydrogens (primary N) is 1. The van der Waals surface area contributed by atoms with Gasteiger partial charge in [-0.2, -0.15) is 0 Å². The number of halogens is 2. The van der Waals surface area contributed by atoms with Crippen LogP contribution in [-0.2, 0) is 11.3 Å². The minimum absolute atomic E-state index is 0. The van der Waals surface area contributed by atoms with Gasteiger partial charge in [-0.15, -0.1) is 24.8 Å². The Labute approximate surface area is 115 Å². The van der Waals surface area contributed by atoms with Crippen LogP contribution in [0.1, 0.15) is 30.3 Å². The van der Waals surface area contributed by atoms with E-state index in [2.05, 4.69) is 16.5 Å². The molecule has 1 saturated heterocycles. The number of aromatic nitrogens is 2. The van der Waals surface area contributed by atoms with Gasteiger partial charge in [0.25, 0.3) is 0 Å². The predicted molar refractivity (Wildman–Crippen MR) is 73.3 cm³/mol. The van der Waals surface area contributed by atoms with Crippen LogP contribution in [0.2, 0.25) is 0 Å². The Bertz CT molecular complexity index is 325. The monoisotopic (exact) mass is 281 g/mol. The lowest BCUT2D eigenvalue weighted by Crippen LogP contribution is -2.20. The van der Waals surface area contributed by atoms with Crippen molar-refractivity contribution in [2.24, 2.45) is 5.73 Å². The molecule has 0 aromatic carbocycles. The van der Waals surface area contributed by atoms with Gasteiger partial charge in [-0.1, -0.05) is 0 Å². The summed E-state index contributed by atoms with van der Waals surface area (Å²) in [6, 6.07) is 0. The topological polar surface area (TPSA) is 53.1 Å².